The van der Waals surface area contributed by atoms with Gasteiger partial charge < -0.3 is 5.32 Å². The van der Waals surface area contributed by atoms with Crippen molar-refractivity contribution in [2.45, 2.75) is 19.3 Å². The molecule has 1 aromatic carbocycles. The van der Waals surface area contributed by atoms with E-state index in [4.69, 9.17) is 11.6 Å². The van der Waals surface area contributed by atoms with Gasteiger partial charge in [0.2, 0.25) is 0 Å². The molecular weight excluding hydrogens is 201 g/mol. The molecule has 14 heavy (non-hydrogen) atoms. The maximum absolute atomic E-state index is 13.5. The van der Waals surface area contributed by atoms with E-state index >= 15 is 0 Å². The number of nitrogens with one attached hydrogen (secondary N) is 1. The Hall–Kier alpha value is -0.600. The molecule has 76 valence electrons. The zero-order valence-electron chi connectivity index (χ0n) is 8.11. The SMILES string of the molecule is Cc1c(C2CCNC2)ccc(Cl)c1F. The second-order valence-corrected chi connectivity index (χ2v) is 4.17. The Morgan fingerprint density at radius 2 is 2.29 bits per heavy atom. The standard InChI is InChI=1S/C11H13ClFN/c1-7-9(8-4-5-14-6-8)2-3-10(12)11(7)13/h2-3,8,14H,4-6H2,1H3. The van der Waals surface area contributed by atoms with Gasteiger partial charge in [0, 0.05) is 6.54 Å². The van der Waals surface area contributed by atoms with Crippen molar-refractivity contribution in [1.29, 1.82) is 0 Å². The smallest absolute Gasteiger partial charge is 0.144 e. The topological polar surface area (TPSA) is 12.0 Å². The minimum Gasteiger partial charge on any atom is -0.316 e. The number of benzene rings is 1. The predicted octanol–water partition coefficient (Wildman–Crippen LogP) is 2.86. The van der Waals surface area contributed by atoms with E-state index in [1.807, 2.05) is 6.07 Å². The summed E-state index contributed by atoms with van der Waals surface area (Å²) in [5.74, 6) is 0.179. The summed E-state index contributed by atoms with van der Waals surface area (Å²) in [6.45, 7) is 3.77. The maximum atomic E-state index is 13.5. The highest BCUT2D eigenvalue weighted by atomic mass is 35.5. The van der Waals surface area contributed by atoms with Crippen LogP contribution in [0.3, 0.4) is 0 Å². The van der Waals surface area contributed by atoms with Gasteiger partial charge in [-0.25, -0.2) is 4.39 Å². The van der Waals surface area contributed by atoms with Crippen molar-refractivity contribution in [3.05, 3.63) is 34.1 Å². The molecule has 0 bridgehead atoms. The molecule has 1 heterocycles. The van der Waals surface area contributed by atoms with Crippen molar-refractivity contribution in [1.82, 2.24) is 5.32 Å². The van der Waals surface area contributed by atoms with Crippen LogP contribution in [0.5, 0.6) is 0 Å². The van der Waals surface area contributed by atoms with Gasteiger partial charge in [-0.1, -0.05) is 17.7 Å². The molecule has 1 atom stereocenters. The Morgan fingerprint density at radius 3 is 2.93 bits per heavy atom. The van der Waals surface area contributed by atoms with Crippen LogP contribution >= 0.6 is 11.6 Å². The Kier molecular flexibility index (Phi) is 2.75. The average molecular weight is 214 g/mol. The lowest BCUT2D eigenvalue weighted by Gasteiger charge is -2.13. The van der Waals surface area contributed by atoms with Crippen LogP contribution in [0.1, 0.15) is 23.5 Å². The number of halogens is 2. The molecule has 1 aliphatic rings. The van der Waals surface area contributed by atoms with Crippen molar-refractivity contribution in [3.63, 3.8) is 0 Å². The van der Waals surface area contributed by atoms with Crippen LogP contribution in [0.4, 0.5) is 4.39 Å². The van der Waals surface area contributed by atoms with Gasteiger partial charge in [0.25, 0.3) is 0 Å². The Morgan fingerprint density at radius 1 is 1.50 bits per heavy atom. The van der Waals surface area contributed by atoms with Crippen LogP contribution in [0.15, 0.2) is 12.1 Å². The monoisotopic (exact) mass is 213 g/mol. The summed E-state index contributed by atoms with van der Waals surface area (Å²) in [5.41, 5.74) is 1.79. The van der Waals surface area contributed by atoms with Crippen LogP contribution in [0.2, 0.25) is 5.02 Å². The van der Waals surface area contributed by atoms with Gasteiger partial charge >= 0.3 is 0 Å². The summed E-state index contributed by atoms with van der Waals surface area (Å²) in [7, 11) is 0. The Balaban J connectivity index is 2.38. The molecule has 3 heteroatoms. The summed E-state index contributed by atoms with van der Waals surface area (Å²) >= 11 is 5.70. The van der Waals surface area contributed by atoms with E-state index in [1.54, 1.807) is 13.0 Å². The number of hydrogen-bond donors (Lipinski definition) is 1. The molecule has 0 aliphatic carbocycles. The molecule has 0 amide bonds. The van der Waals surface area contributed by atoms with Crippen molar-refractivity contribution in [2.75, 3.05) is 13.1 Å². The number of hydrogen-bond acceptors (Lipinski definition) is 1. The van der Waals surface area contributed by atoms with Crippen molar-refractivity contribution in [2.24, 2.45) is 0 Å². The first-order valence-electron chi connectivity index (χ1n) is 4.85. The molecule has 2 rings (SSSR count). The van der Waals surface area contributed by atoms with E-state index in [2.05, 4.69) is 5.32 Å². The Bertz CT molecular complexity index is 345. The molecular formula is C11H13ClFN. The zero-order valence-corrected chi connectivity index (χ0v) is 8.87. The highest BCUT2D eigenvalue weighted by Crippen LogP contribution is 2.29. The van der Waals surface area contributed by atoms with Crippen LogP contribution in [0.25, 0.3) is 0 Å². The third-order valence-corrected chi connectivity index (χ3v) is 3.17. The van der Waals surface area contributed by atoms with Crippen molar-refractivity contribution < 1.29 is 4.39 Å². The Labute approximate surface area is 88.3 Å². The summed E-state index contributed by atoms with van der Waals surface area (Å²) in [6.07, 6.45) is 1.09. The van der Waals surface area contributed by atoms with E-state index in [9.17, 15) is 4.39 Å². The van der Waals surface area contributed by atoms with Crippen LogP contribution in [-0.2, 0) is 0 Å². The molecule has 0 aromatic heterocycles. The lowest BCUT2D eigenvalue weighted by molar-refractivity contribution is 0.610. The van der Waals surface area contributed by atoms with Gasteiger partial charge in [0.15, 0.2) is 0 Å². The molecule has 0 spiro atoms. The van der Waals surface area contributed by atoms with Gasteiger partial charge in [0.05, 0.1) is 5.02 Å². The quantitative estimate of drug-likeness (QED) is 0.757. The van der Waals surface area contributed by atoms with Gasteiger partial charge in [-0.3, -0.25) is 0 Å². The third-order valence-electron chi connectivity index (χ3n) is 2.88. The molecule has 1 nitrogen and oxygen atoms in total. The van der Waals surface area contributed by atoms with E-state index in [-0.39, 0.29) is 10.8 Å². The summed E-state index contributed by atoms with van der Waals surface area (Å²) in [6, 6.07) is 3.59. The van der Waals surface area contributed by atoms with E-state index in [0.29, 0.717) is 11.5 Å². The second kappa shape index (κ2) is 3.87. The normalized spacial score (nSPS) is 21.5. The van der Waals surface area contributed by atoms with Gasteiger partial charge in [-0.15, -0.1) is 0 Å². The first kappa shape index (κ1) is 9.94. The molecule has 1 aliphatic heterocycles. The van der Waals surface area contributed by atoms with Crippen molar-refractivity contribution in [3.8, 4) is 0 Å². The minimum atomic E-state index is -0.268. The minimum absolute atomic E-state index is 0.220. The first-order valence-corrected chi connectivity index (χ1v) is 5.23. The molecule has 1 N–H and O–H groups in total. The summed E-state index contributed by atoms with van der Waals surface area (Å²) in [5, 5.41) is 3.50. The fourth-order valence-electron chi connectivity index (χ4n) is 2.03. The average Bonchev–Trinajstić information content (AvgIpc) is 2.67. The van der Waals surface area contributed by atoms with E-state index < -0.39 is 0 Å². The largest absolute Gasteiger partial charge is 0.316 e. The molecule has 0 saturated carbocycles. The molecule has 1 aromatic rings. The van der Waals surface area contributed by atoms with Crippen LogP contribution < -0.4 is 5.32 Å². The highest BCUT2D eigenvalue weighted by Gasteiger charge is 2.20. The zero-order chi connectivity index (χ0) is 10.1. The van der Waals surface area contributed by atoms with Crippen LogP contribution in [0, 0.1) is 12.7 Å². The summed E-state index contributed by atoms with van der Waals surface area (Å²) < 4.78 is 13.5. The molecule has 1 unspecified atom stereocenters. The van der Waals surface area contributed by atoms with Gasteiger partial charge in [-0.05, 0) is 43.0 Å². The lowest BCUT2D eigenvalue weighted by atomic mass is 9.94. The summed E-state index contributed by atoms with van der Waals surface area (Å²) in [4.78, 5) is 0. The van der Waals surface area contributed by atoms with Crippen LogP contribution in [-0.4, -0.2) is 13.1 Å². The second-order valence-electron chi connectivity index (χ2n) is 3.77. The fourth-order valence-corrected chi connectivity index (χ4v) is 2.23. The van der Waals surface area contributed by atoms with E-state index in [1.165, 1.54) is 0 Å². The van der Waals surface area contributed by atoms with Gasteiger partial charge in [0.1, 0.15) is 5.82 Å². The highest BCUT2D eigenvalue weighted by molar-refractivity contribution is 6.30. The molecule has 1 saturated heterocycles. The molecule has 0 radical (unpaired) electrons. The lowest BCUT2D eigenvalue weighted by Crippen LogP contribution is -2.09. The number of rotatable bonds is 1. The van der Waals surface area contributed by atoms with Gasteiger partial charge in [-0.2, -0.15) is 0 Å². The maximum Gasteiger partial charge on any atom is 0.144 e. The molecule has 1 fully saturated rings. The first-order chi connectivity index (χ1) is 6.70. The predicted molar refractivity (Wildman–Crippen MR) is 56.4 cm³/mol. The van der Waals surface area contributed by atoms with Crippen molar-refractivity contribution >= 4 is 11.6 Å². The van der Waals surface area contributed by atoms with E-state index in [0.717, 1.165) is 25.1 Å². The third kappa shape index (κ3) is 1.64. The fraction of sp³-hybridized carbons (Fsp3) is 0.455.